The average molecular weight is 315 g/mol. The highest BCUT2D eigenvalue weighted by Gasteiger charge is 2.35. The Bertz CT molecular complexity index is 579. The highest BCUT2D eigenvalue weighted by atomic mass is 32.2. The van der Waals surface area contributed by atoms with E-state index in [9.17, 15) is 13.5 Å². The fraction of sp³-hybridized carbons (Fsp3) is 0.615. The number of sulfonamides is 1. The topological polar surface area (TPSA) is 91.8 Å². The summed E-state index contributed by atoms with van der Waals surface area (Å²) < 4.78 is 32.4. The van der Waals surface area contributed by atoms with E-state index in [0.29, 0.717) is 12.2 Å². The molecule has 2 unspecified atom stereocenters. The number of ether oxygens (including phenoxy) is 1. The van der Waals surface area contributed by atoms with Gasteiger partial charge < -0.3 is 15.2 Å². The third-order valence-corrected chi connectivity index (χ3v) is 5.01. The molecule has 2 heterocycles. The van der Waals surface area contributed by atoms with E-state index in [4.69, 9.17) is 4.74 Å². The number of anilines is 1. The summed E-state index contributed by atoms with van der Waals surface area (Å²) in [6.07, 6.45) is 0.688. The largest absolute Gasteiger partial charge is 0.394 e. The van der Waals surface area contributed by atoms with Crippen molar-refractivity contribution in [3.63, 3.8) is 0 Å². The molecular formula is C13H21N3O4S. The van der Waals surface area contributed by atoms with Crippen LogP contribution >= 0.6 is 0 Å². The predicted molar refractivity (Wildman–Crippen MR) is 78.6 cm³/mol. The van der Waals surface area contributed by atoms with Gasteiger partial charge in [0.15, 0.2) is 5.03 Å². The number of morpholine rings is 1. The van der Waals surface area contributed by atoms with Crippen LogP contribution in [0.2, 0.25) is 0 Å². The molecule has 1 fully saturated rings. The molecule has 0 saturated carbocycles. The molecule has 1 aliphatic rings. The lowest BCUT2D eigenvalue weighted by atomic mass is 10.2. The zero-order valence-corrected chi connectivity index (χ0v) is 13.0. The zero-order valence-electron chi connectivity index (χ0n) is 12.2. The number of rotatable bonds is 5. The van der Waals surface area contributed by atoms with Crippen molar-refractivity contribution < 1.29 is 18.3 Å². The van der Waals surface area contributed by atoms with Gasteiger partial charge in [-0.1, -0.05) is 0 Å². The van der Waals surface area contributed by atoms with Gasteiger partial charge in [-0.25, -0.2) is 13.4 Å². The van der Waals surface area contributed by atoms with Crippen LogP contribution in [0.4, 0.5) is 5.69 Å². The zero-order chi connectivity index (χ0) is 15.5. The minimum atomic E-state index is -3.72. The van der Waals surface area contributed by atoms with Crippen molar-refractivity contribution in [2.45, 2.75) is 31.1 Å². The fourth-order valence-electron chi connectivity index (χ4n) is 2.34. The predicted octanol–water partition coefficient (Wildman–Crippen LogP) is 0.284. The average Bonchev–Trinajstić information content (AvgIpc) is 2.47. The number of hydrogen-bond acceptors (Lipinski definition) is 6. The second-order valence-electron chi connectivity index (χ2n) is 4.96. The van der Waals surface area contributed by atoms with Gasteiger partial charge in [0.2, 0.25) is 0 Å². The van der Waals surface area contributed by atoms with E-state index in [1.165, 1.54) is 10.5 Å². The second-order valence-corrected chi connectivity index (χ2v) is 6.81. The van der Waals surface area contributed by atoms with E-state index in [2.05, 4.69) is 10.3 Å². The number of pyridine rings is 1. The Hall–Kier alpha value is -1.22. The van der Waals surface area contributed by atoms with Crippen LogP contribution in [0, 0.1) is 0 Å². The van der Waals surface area contributed by atoms with E-state index in [0.717, 1.165) is 0 Å². The number of nitrogens with one attached hydrogen (secondary N) is 1. The third-order valence-electron chi connectivity index (χ3n) is 3.22. The maximum atomic E-state index is 12.8. The van der Waals surface area contributed by atoms with Crippen molar-refractivity contribution in [1.29, 1.82) is 0 Å². The number of aliphatic hydroxyl groups excluding tert-OH is 1. The Morgan fingerprint density at radius 1 is 1.52 bits per heavy atom. The summed E-state index contributed by atoms with van der Waals surface area (Å²) in [5.74, 6) is 0. The normalized spacial score (nSPS) is 24.0. The van der Waals surface area contributed by atoms with Crippen molar-refractivity contribution in [2.24, 2.45) is 0 Å². The summed E-state index contributed by atoms with van der Waals surface area (Å²) >= 11 is 0. The van der Waals surface area contributed by atoms with Gasteiger partial charge in [-0.2, -0.15) is 4.31 Å². The van der Waals surface area contributed by atoms with Gasteiger partial charge in [0.25, 0.3) is 10.0 Å². The highest BCUT2D eigenvalue weighted by molar-refractivity contribution is 7.89. The first-order valence-corrected chi connectivity index (χ1v) is 8.38. The minimum Gasteiger partial charge on any atom is -0.394 e. The van der Waals surface area contributed by atoms with Gasteiger partial charge in [-0.05, 0) is 26.0 Å². The summed E-state index contributed by atoms with van der Waals surface area (Å²) in [7, 11) is -3.72. The molecule has 0 bridgehead atoms. The molecule has 0 amide bonds. The smallest absolute Gasteiger partial charge is 0.262 e. The Morgan fingerprint density at radius 3 is 2.95 bits per heavy atom. The van der Waals surface area contributed by atoms with Gasteiger partial charge in [0.1, 0.15) is 0 Å². The third kappa shape index (κ3) is 3.52. The summed E-state index contributed by atoms with van der Waals surface area (Å²) in [5, 5.41) is 12.2. The molecule has 0 radical (unpaired) electrons. The van der Waals surface area contributed by atoms with E-state index in [1.807, 2.05) is 6.92 Å². The van der Waals surface area contributed by atoms with Crippen LogP contribution in [-0.4, -0.2) is 61.3 Å². The second kappa shape index (κ2) is 6.69. The van der Waals surface area contributed by atoms with Gasteiger partial charge >= 0.3 is 0 Å². The summed E-state index contributed by atoms with van der Waals surface area (Å²) in [6, 6.07) is 3.38. The molecule has 21 heavy (non-hydrogen) atoms. The van der Waals surface area contributed by atoms with Crippen molar-refractivity contribution in [3.8, 4) is 0 Å². The van der Waals surface area contributed by atoms with Crippen LogP contribution in [-0.2, 0) is 14.8 Å². The lowest BCUT2D eigenvalue weighted by Gasteiger charge is -2.35. The monoisotopic (exact) mass is 315 g/mol. The summed E-state index contributed by atoms with van der Waals surface area (Å²) in [6.45, 7) is 4.45. The Kier molecular flexibility index (Phi) is 5.15. The van der Waals surface area contributed by atoms with Gasteiger partial charge in [0, 0.05) is 25.8 Å². The molecule has 1 aromatic heterocycles. The Balaban J connectivity index is 2.33. The van der Waals surface area contributed by atoms with Crippen LogP contribution in [0.1, 0.15) is 13.8 Å². The maximum Gasteiger partial charge on any atom is 0.262 e. The van der Waals surface area contributed by atoms with Crippen LogP contribution in [0.25, 0.3) is 0 Å². The first kappa shape index (κ1) is 16.2. The van der Waals surface area contributed by atoms with Gasteiger partial charge in [-0.3, -0.25) is 0 Å². The van der Waals surface area contributed by atoms with E-state index in [1.54, 1.807) is 19.1 Å². The standard InChI is InChI=1S/C13H21N3O4S/c1-3-14-12-5-4-6-15-13(12)21(18,19)16-7-10(2)20-11(8-16)9-17/h4-6,10-11,14,17H,3,7-9H2,1-2H3. The first-order valence-electron chi connectivity index (χ1n) is 6.94. The minimum absolute atomic E-state index is 0.0117. The van der Waals surface area contributed by atoms with Crippen molar-refractivity contribution in [3.05, 3.63) is 18.3 Å². The molecule has 0 aromatic carbocycles. The van der Waals surface area contributed by atoms with Crippen molar-refractivity contribution >= 4 is 15.7 Å². The van der Waals surface area contributed by atoms with Crippen LogP contribution < -0.4 is 5.32 Å². The number of nitrogens with zero attached hydrogens (tertiary/aromatic N) is 2. The Morgan fingerprint density at radius 2 is 2.29 bits per heavy atom. The van der Waals surface area contributed by atoms with Gasteiger partial charge in [-0.15, -0.1) is 0 Å². The number of aromatic nitrogens is 1. The maximum absolute atomic E-state index is 12.8. The molecule has 1 aliphatic heterocycles. The lowest BCUT2D eigenvalue weighted by Crippen LogP contribution is -2.50. The molecular weight excluding hydrogens is 294 g/mol. The van der Waals surface area contributed by atoms with E-state index in [-0.39, 0.29) is 30.8 Å². The quantitative estimate of drug-likeness (QED) is 0.811. The first-order chi connectivity index (χ1) is 9.98. The number of hydrogen-bond donors (Lipinski definition) is 2. The molecule has 2 N–H and O–H groups in total. The molecule has 1 aromatic rings. The molecule has 118 valence electrons. The van der Waals surface area contributed by atoms with E-state index >= 15 is 0 Å². The molecule has 0 spiro atoms. The SMILES string of the molecule is CCNc1cccnc1S(=O)(=O)N1CC(C)OC(CO)C1. The molecule has 7 nitrogen and oxygen atoms in total. The molecule has 1 saturated heterocycles. The molecule has 2 rings (SSSR count). The molecule has 8 heteroatoms. The van der Waals surface area contributed by atoms with Crippen molar-refractivity contribution in [1.82, 2.24) is 9.29 Å². The molecule has 0 aliphatic carbocycles. The van der Waals surface area contributed by atoms with E-state index < -0.39 is 16.1 Å². The van der Waals surface area contributed by atoms with Crippen molar-refractivity contribution in [2.75, 3.05) is 31.6 Å². The number of aliphatic hydroxyl groups is 1. The highest BCUT2D eigenvalue weighted by Crippen LogP contribution is 2.24. The summed E-state index contributed by atoms with van der Waals surface area (Å²) in [4.78, 5) is 4.02. The van der Waals surface area contributed by atoms with Crippen LogP contribution in [0.3, 0.4) is 0 Å². The van der Waals surface area contributed by atoms with Crippen LogP contribution in [0.5, 0.6) is 0 Å². The van der Waals surface area contributed by atoms with Gasteiger partial charge in [0.05, 0.1) is 24.5 Å². The summed E-state index contributed by atoms with van der Waals surface area (Å²) in [5.41, 5.74) is 0.486. The lowest BCUT2D eigenvalue weighted by molar-refractivity contribution is -0.0750. The molecule has 2 atom stereocenters. The van der Waals surface area contributed by atoms with Crippen LogP contribution in [0.15, 0.2) is 23.4 Å². The fourth-order valence-corrected chi connectivity index (χ4v) is 3.97. The Labute approximate surface area is 125 Å².